The van der Waals surface area contributed by atoms with E-state index in [9.17, 15) is 19.2 Å². The van der Waals surface area contributed by atoms with Crippen LogP contribution >= 0.6 is 11.3 Å². The van der Waals surface area contributed by atoms with Crippen molar-refractivity contribution in [1.29, 1.82) is 0 Å². The van der Waals surface area contributed by atoms with E-state index in [4.69, 9.17) is 4.74 Å². The summed E-state index contributed by atoms with van der Waals surface area (Å²) in [4.78, 5) is 51.1. The minimum absolute atomic E-state index is 0.114. The SMILES string of the molecule is CC(=O)c1cccc(NC(=O)[C@H](C)OC(=O)[C@H]2CCCN2C(=O)c2cccs2)c1. The van der Waals surface area contributed by atoms with Gasteiger partial charge >= 0.3 is 5.97 Å². The van der Waals surface area contributed by atoms with E-state index in [0.717, 1.165) is 0 Å². The summed E-state index contributed by atoms with van der Waals surface area (Å²) in [6.07, 6.45) is 0.169. The van der Waals surface area contributed by atoms with E-state index in [1.54, 1.807) is 36.4 Å². The number of thiophene rings is 1. The number of likely N-dealkylation sites (tertiary alicyclic amines) is 1. The summed E-state index contributed by atoms with van der Waals surface area (Å²) in [5.74, 6) is -1.41. The molecule has 0 bridgehead atoms. The summed E-state index contributed by atoms with van der Waals surface area (Å²) in [6.45, 7) is 3.40. The standard InChI is InChI=1S/C21H22N2O5S/c1-13(24)15-6-3-7-16(12-15)22-19(25)14(2)28-21(27)17-8-4-10-23(17)20(26)18-9-5-11-29-18/h3,5-7,9,11-12,14,17H,4,8,10H2,1-2H3,(H,22,25)/t14-,17+/m0/s1. The summed E-state index contributed by atoms with van der Waals surface area (Å²) in [5.41, 5.74) is 0.919. The van der Waals surface area contributed by atoms with Crippen molar-refractivity contribution in [2.24, 2.45) is 0 Å². The third kappa shape index (κ3) is 4.89. The van der Waals surface area contributed by atoms with Crippen molar-refractivity contribution in [3.63, 3.8) is 0 Å². The van der Waals surface area contributed by atoms with Crippen molar-refractivity contribution in [3.8, 4) is 0 Å². The average Bonchev–Trinajstić information content (AvgIpc) is 3.39. The number of esters is 1. The van der Waals surface area contributed by atoms with E-state index in [2.05, 4.69) is 5.32 Å². The lowest BCUT2D eigenvalue weighted by molar-refractivity contribution is -0.156. The molecule has 2 heterocycles. The highest BCUT2D eigenvalue weighted by Crippen LogP contribution is 2.23. The summed E-state index contributed by atoms with van der Waals surface area (Å²) < 4.78 is 5.34. The van der Waals surface area contributed by atoms with E-state index >= 15 is 0 Å². The lowest BCUT2D eigenvalue weighted by Crippen LogP contribution is -2.43. The monoisotopic (exact) mass is 414 g/mol. The Hall–Kier alpha value is -3.00. The summed E-state index contributed by atoms with van der Waals surface area (Å²) >= 11 is 1.32. The molecule has 1 fully saturated rings. The highest BCUT2D eigenvalue weighted by atomic mass is 32.1. The maximum absolute atomic E-state index is 12.6. The van der Waals surface area contributed by atoms with E-state index in [1.165, 1.54) is 30.1 Å². The molecule has 29 heavy (non-hydrogen) atoms. The Kier molecular flexibility index (Phi) is 6.43. The van der Waals surface area contributed by atoms with Crippen molar-refractivity contribution in [3.05, 3.63) is 52.2 Å². The van der Waals surface area contributed by atoms with Crippen molar-refractivity contribution >= 4 is 40.6 Å². The van der Waals surface area contributed by atoms with Gasteiger partial charge < -0.3 is 15.0 Å². The Labute approximate surface area is 172 Å². The highest BCUT2D eigenvalue weighted by Gasteiger charge is 2.37. The molecular weight excluding hydrogens is 392 g/mol. The first-order valence-corrected chi connectivity index (χ1v) is 10.2. The van der Waals surface area contributed by atoms with Crippen LogP contribution in [0.3, 0.4) is 0 Å². The number of hydrogen-bond acceptors (Lipinski definition) is 6. The van der Waals surface area contributed by atoms with Crippen molar-refractivity contribution in [2.75, 3.05) is 11.9 Å². The zero-order chi connectivity index (χ0) is 21.0. The van der Waals surface area contributed by atoms with Gasteiger partial charge in [-0.3, -0.25) is 14.4 Å². The van der Waals surface area contributed by atoms with Gasteiger partial charge in [-0.15, -0.1) is 11.3 Å². The van der Waals surface area contributed by atoms with E-state index in [-0.39, 0.29) is 11.7 Å². The Balaban J connectivity index is 1.60. The minimum atomic E-state index is -1.04. The Bertz CT molecular complexity index is 925. The predicted octanol–water partition coefficient (Wildman–Crippen LogP) is 3.13. The minimum Gasteiger partial charge on any atom is -0.451 e. The Morgan fingerprint density at radius 1 is 1.21 bits per heavy atom. The summed E-state index contributed by atoms with van der Waals surface area (Å²) in [6, 6.07) is 9.34. The summed E-state index contributed by atoms with van der Waals surface area (Å²) in [5, 5.41) is 4.45. The number of amides is 2. The second-order valence-electron chi connectivity index (χ2n) is 6.84. The zero-order valence-electron chi connectivity index (χ0n) is 16.2. The molecule has 0 saturated carbocycles. The van der Waals surface area contributed by atoms with Gasteiger partial charge in [0, 0.05) is 17.8 Å². The molecule has 2 amide bonds. The molecule has 1 aromatic carbocycles. The Morgan fingerprint density at radius 3 is 2.69 bits per heavy atom. The van der Waals surface area contributed by atoms with Gasteiger partial charge in [0.1, 0.15) is 6.04 Å². The molecule has 2 aromatic rings. The molecule has 7 nitrogen and oxygen atoms in total. The van der Waals surface area contributed by atoms with E-state index in [1.807, 2.05) is 5.38 Å². The molecule has 0 unspecified atom stereocenters. The fourth-order valence-electron chi connectivity index (χ4n) is 3.16. The number of carbonyl (C=O) groups is 4. The molecular formula is C21H22N2O5S. The van der Waals surface area contributed by atoms with Gasteiger partial charge in [-0.1, -0.05) is 18.2 Å². The number of ketones is 1. The van der Waals surface area contributed by atoms with Gasteiger partial charge in [0.25, 0.3) is 11.8 Å². The molecule has 152 valence electrons. The zero-order valence-corrected chi connectivity index (χ0v) is 17.0. The average molecular weight is 414 g/mol. The van der Waals surface area contributed by atoms with Gasteiger partial charge in [-0.05, 0) is 50.3 Å². The van der Waals surface area contributed by atoms with Crippen LogP contribution < -0.4 is 5.32 Å². The van der Waals surface area contributed by atoms with Crippen LogP contribution in [0.25, 0.3) is 0 Å². The topological polar surface area (TPSA) is 92.8 Å². The molecule has 8 heteroatoms. The smallest absolute Gasteiger partial charge is 0.329 e. The first-order chi connectivity index (χ1) is 13.9. The number of ether oxygens (including phenoxy) is 1. The second kappa shape index (κ2) is 9.00. The third-order valence-corrected chi connectivity index (χ3v) is 5.57. The fraction of sp³-hybridized carbons (Fsp3) is 0.333. The number of anilines is 1. The molecule has 2 atom stereocenters. The molecule has 0 spiro atoms. The molecule has 1 aliphatic heterocycles. The van der Waals surface area contributed by atoms with Crippen molar-refractivity contribution < 1.29 is 23.9 Å². The number of carbonyl (C=O) groups excluding carboxylic acids is 4. The first-order valence-electron chi connectivity index (χ1n) is 9.33. The molecule has 1 saturated heterocycles. The predicted molar refractivity (Wildman–Crippen MR) is 109 cm³/mol. The quantitative estimate of drug-likeness (QED) is 0.579. The molecule has 3 rings (SSSR count). The van der Waals surface area contributed by atoms with Crippen LogP contribution in [-0.2, 0) is 14.3 Å². The lowest BCUT2D eigenvalue weighted by Gasteiger charge is -2.24. The van der Waals surface area contributed by atoms with Crippen LogP contribution in [-0.4, -0.2) is 47.2 Å². The number of nitrogens with zero attached hydrogens (tertiary/aromatic N) is 1. The maximum atomic E-state index is 12.6. The number of rotatable bonds is 6. The van der Waals surface area contributed by atoms with Crippen molar-refractivity contribution in [2.45, 2.75) is 38.8 Å². The second-order valence-corrected chi connectivity index (χ2v) is 7.79. The van der Waals surface area contributed by atoms with Crippen LogP contribution in [0.2, 0.25) is 0 Å². The maximum Gasteiger partial charge on any atom is 0.329 e. The van der Waals surface area contributed by atoms with Gasteiger partial charge in [-0.25, -0.2) is 4.79 Å². The van der Waals surface area contributed by atoms with Crippen LogP contribution in [0.15, 0.2) is 41.8 Å². The van der Waals surface area contributed by atoms with Gasteiger partial charge in [0.05, 0.1) is 4.88 Å². The van der Waals surface area contributed by atoms with Gasteiger partial charge in [0.2, 0.25) is 0 Å². The summed E-state index contributed by atoms with van der Waals surface area (Å²) in [7, 11) is 0. The van der Waals surface area contributed by atoms with E-state index in [0.29, 0.717) is 35.5 Å². The van der Waals surface area contributed by atoms with Crippen molar-refractivity contribution in [1.82, 2.24) is 4.90 Å². The van der Waals surface area contributed by atoms with Gasteiger partial charge in [0.15, 0.2) is 11.9 Å². The van der Waals surface area contributed by atoms with Crippen LogP contribution in [0.4, 0.5) is 5.69 Å². The lowest BCUT2D eigenvalue weighted by atomic mass is 10.1. The first kappa shape index (κ1) is 20.7. The van der Waals surface area contributed by atoms with Crippen LogP contribution in [0.1, 0.15) is 46.7 Å². The molecule has 1 N–H and O–H groups in total. The Morgan fingerprint density at radius 2 is 2.00 bits per heavy atom. The number of benzene rings is 1. The van der Waals surface area contributed by atoms with Crippen LogP contribution in [0.5, 0.6) is 0 Å². The molecule has 1 aliphatic rings. The van der Waals surface area contributed by atoms with Crippen LogP contribution in [0, 0.1) is 0 Å². The number of Topliss-reactive ketones (excluding diaryl/α,β-unsaturated/α-hetero) is 1. The third-order valence-electron chi connectivity index (χ3n) is 4.72. The normalized spacial score (nSPS) is 16.9. The molecule has 0 aliphatic carbocycles. The number of nitrogens with one attached hydrogen (secondary N) is 1. The van der Waals surface area contributed by atoms with E-state index < -0.39 is 24.0 Å². The fourth-order valence-corrected chi connectivity index (χ4v) is 3.84. The highest BCUT2D eigenvalue weighted by molar-refractivity contribution is 7.12. The molecule has 0 radical (unpaired) electrons. The van der Waals surface area contributed by atoms with Gasteiger partial charge in [-0.2, -0.15) is 0 Å². The molecule has 1 aromatic heterocycles. The largest absolute Gasteiger partial charge is 0.451 e. The number of hydrogen-bond donors (Lipinski definition) is 1.